The molecule has 128 valence electrons. The van der Waals surface area contributed by atoms with E-state index in [2.05, 4.69) is 15.1 Å². The Balaban J connectivity index is 1.46. The predicted octanol–water partition coefficient (Wildman–Crippen LogP) is 1.39. The number of halogens is 3. The molecule has 1 aliphatic heterocycles. The standard InChI is InChI=1S/C14H15ClF2N6O/c1-8-6-10(15)18-12-19-13(20-23(8)12)22-4-2-21(3-5-22)11(24)9-7-14(9,16)17/h6,9H,2-5,7H2,1H3. The van der Waals surface area contributed by atoms with Crippen molar-refractivity contribution in [1.82, 2.24) is 24.5 Å². The first-order valence-corrected chi connectivity index (χ1v) is 8.04. The Bertz CT molecular complexity index is 817. The number of carbonyl (C=O) groups is 1. The highest BCUT2D eigenvalue weighted by Gasteiger charge is 2.62. The van der Waals surface area contributed by atoms with Gasteiger partial charge in [0.2, 0.25) is 11.9 Å². The molecule has 0 spiro atoms. The largest absolute Gasteiger partial charge is 0.339 e. The van der Waals surface area contributed by atoms with E-state index in [4.69, 9.17) is 11.6 Å². The zero-order chi connectivity index (χ0) is 17.1. The number of aromatic nitrogens is 4. The minimum absolute atomic E-state index is 0.328. The van der Waals surface area contributed by atoms with Crippen molar-refractivity contribution in [3.63, 3.8) is 0 Å². The fourth-order valence-corrected chi connectivity index (χ4v) is 3.16. The summed E-state index contributed by atoms with van der Waals surface area (Å²) >= 11 is 5.92. The topological polar surface area (TPSA) is 66.6 Å². The van der Waals surface area contributed by atoms with Crippen molar-refractivity contribution in [1.29, 1.82) is 0 Å². The van der Waals surface area contributed by atoms with Gasteiger partial charge in [-0.2, -0.15) is 14.5 Å². The average molecular weight is 357 g/mol. The van der Waals surface area contributed by atoms with Crippen LogP contribution in [0, 0.1) is 12.8 Å². The summed E-state index contributed by atoms with van der Waals surface area (Å²) < 4.78 is 27.7. The van der Waals surface area contributed by atoms with Gasteiger partial charge in [-0.15, -0.1) is 5.10 Å². The molecule has 0 aromatic carbocycles. The fourth-order valence-electron chi connectivity index (χ4n) is 2.93. The van der Waals surface area contributed by atoms with E-state index in [9.17, 15) is 13.6 Å². The number of anilines is 1. The molecular weight excluding hydrogens is 342 g/mol. The molecule has 0 N–H and O–H groups in total. The second-order valence-corrected chi connectivity index (χ2v) is 6.56. The summed E-state index contributed by atoms with van der Waals surface area (Å²) in [7, 11) is 0. The van der Waals surface area contributed by atoms with Crippen molar-refractivity contribution < 1.29 is 13.6 Å². The van der Waals surface area contributed by atoms with Crippen LogP contribution in [-0.4, -0.2) is 62.5 Å². The van der Waals surface area contributed by atoms with E-state index in [0.717, 1.165) is 5.69 Å². The number of amides is 1. The van der Waals surface area contributed by atoms with Crippen LogP contribution in [0.15, 0.2) is 6.07 Å². The normalized spacial score (nSPS) is 22.9. The molecule has 1 aliphatic carbocycles. The third-order valence-electron chi connectivity index (χ3n) is 4.45. The summed E-state index contributed by atoms with van der Waals surface area (Å²) in [4.78, 5) is 23.9. The van der Waals surface area contributed by atoms with Crippen LogP contribution in [0.2, 0.25) is 5.15 Å². The number of fused-ring (bicyclic) bond motifs is 1. The van der Waals surface area contributed by atoms with Gasteiger partial charge in [0.15, 0.2) is 0 Å². The molecule has 1 saturated heterocycles. The maximum atomic E-state index is 13.0. The highest BCUT2D eigenvalue weighted by molar-refractivity contribution is 6.29. The predicted molar refractivity (Wildman–Crippen MR) is 82.4 cm³/mol. The SMILES string of the molecule is Cc1cc(Cl)nc2nc(N3CCN(C(=O)C4CC4(F)F)CC3)nn12. The Morgan fingerprint density at radius 2 is 1.96 bits per heavy atom. The van der Waals surface area contributed by atoms with E-state index < -0.39 is 17.7 Å². The van der Waals surface area contributed by atoms with E-state index in [1.54, 1.807) is 10.6 Å². The lowest BCUT2D eigenvalue weighted by Gasteiger charge is -2.34. The summed E-state index contributed by atoms with van der Waals surface area (Å²) in [5, 5.41) is 4.75. The number of aryl methyl sites for hydroxylation is 1. The Kier molecular flexibility index (Phi) is 3.38. The molecule has 7 nitrogen and oxygen atoms in total. The summed E-state index contributed by atoms with van der Waals surface area (Å²) in [5.41, 5.74) is 0.813. The Morgan fingerprint density at radius 3 is 2.58 bits per heavy atom. The smallest absolute Gasteiger partial charge is 0.260 e. The number of piperazine rings is 1. The van der Waals surface area contributed by atoms with Gasteiger partial charge < -0.3 is 9.80 Å². The monoisotopic (exact) mass is 356 g/mol. The molecule has 1 unspecified atom stereocenters. The molecule has 0 radical (unpaired) electrons. The lowest BCUT2D eigenvalue weighted by molar-refractivity contribution is -0.135. The van der Waals surface area contributed by atoms with Crippen molar-refractivity contribution >= 4 is 29.2 Å². The lowest BCUT2D eigenvalue weighted by Crippen LogP contribution is -2.50. The van der Waals surface area contributed by atoms with Gasteiger partial charge in [0.05, 0.1) is 0 Å². The molecular formula is C14H15ClF2N6O. The Hall–Kier alpha value is -2.03. The fraction of sp³-hybridized carbons (Fsp3) is 0.571. The molecule has 2 aromatic heterocycles. The minimum atomic E-state index is -2.82. The maximum Gasteiger partial charge on any atom is 0.260 e. The molecule has 24 heavy (non-hydrogen) atoms. The summed E-state index contributed by atoms with van der Waals surface area (Å²) in [6.07, 6.45) is -0.328. The summed E-state index contributed by atoms with van der Waals surface area (Å²) in [5.74, 6) is -3.50. The van der Waals surface area contributed by atoms with E-state index >= 15 is 0 Å². The van der Waals surface area contributed by atoms with E-state index in [0.29, 0.717) is 43.1 Å². The Labute approximate surface area is 141 Å². The van der Waals surface area contributed by atoms with E-state index in [1.165, 1.54) is 4.90 Å². The maximum absolute atomic E-state index is 13.0. The molecule has 0 bridgehead atoms. The van der Waals surface area contributed by atoms with Crippen LogP contribution >= 0.6 is 11.6 Å². The highest BCUT2D eigenvalue weighted by atomic mass is 35.5. The molecule has 3 heterocycles. The van der Waals surface area contributed by atoms with Gasteiger partial charge in [0, 0.05) is 38.3 Å². The first kappa shape index (κ1) is 15.5. The highest BCUT2D eigenvalue weighted by Crippen LogP contribution is 2.49. The zero-order valence-corrected chi connectivity index (χ0v) is 13.7. The van der Waals surface area contributed by atoms with Gasteiger partial charge in [0.25, 0.3) is 11.7 Å². The average Bonchev–Trinajstić information content (AvgIpc) is 2.97. The molecule has 2 aromatic rings. The van der Waals surface area contributed by atoms with Crippen LogP contribution in [0.4, 0.5) is 14.7 Å². The van der Waals surface area contributed by atoms with Crippen molar-refractivity contribution in [2.45, 2.75) is 19.3 Å². The molecule has 2 fully saturated rings. The van der Waals surface area contributed by atoms with Crippen molar-refractivity contribution in [3.05, 3.63) is 16.9 Å². The van der Waals surface area contributed by atoms with Crippen molar-refractivity contribution in [2.24, 2.45) is 5.92 Å². The van der Waals surface area contributed by atoms with Gasteiger partial charge in [-0.3, -0.25) is 4.79 Å². The number of hydrogen-bond acceptors (Lipinski definition) is 5. The molecule has 4 rings (SSSR count). The van der Waals surface area contributed by atoms with Gasteiger partial charge >= 0.3 is 0 Å². The summed E-state index contributed by atoms with van der Waals surface area (Å²) in [6, 6.07) is 1.69. The third kappa shape index (κ3) is 2.56. The van der Waals surface area contributed by atoms with E-state index in [-0.39, 0.29) is 6.42 Å². The van der Waals surface area contributed by atoms with Crippen LogP contribution in [0.5, 0.6) is 0 Å². The third-order valence-corrected chi connectivity index (χ3v) is 4.64. The lowest BCUT2D eigenvalue weighted by atomic mass is 10.2. The number of rotatable bonds is 2. The second kappa shape index (κ2) is 5.23. The first-order chi connectivity index (χ1) is 11.3. The quantitative estimate of drug-likeness (QED) is 0.761. The molecule has 1 atom stereocenters. The molecule has 10 heteroatoms. The van der Waals surface area contributed by atoms with Gasteiger partial charge in [-0.1, -0.05) is 11.6 Å². The van der Waals surface area contributed by atoms with Crippen LogP contribution in [0.3, 0.4) is 0 Å². The van der Waals surface area contributed by atoms with Crippen LogP contribution in [0.1, 0.15) is 12.1 Å². The van der Waals surface area contributed by atoms with Gasteiger partial charge in [-0.25, -0.2) is 8.78 Å². The van der Waals surface area contributed by atoms with Gasteiger partial charge in [0.1, 0.15) is 11.1 Å². The number of alkyl halides is 2. The minimum Gasteiger partial charge on any atom is -0.339 e. The zero-order valence-electron chi connectivity index (χ0n) is 12.9. The Morgan fingerprint density at radius 1 is 1.29 bits per heavy atom. The molecule has 2 aliphatic rings. The van der Waals surface area contributed by atoms with Crippen LogP contribution in [0.25, 0.3) is 5.78 Å². The van der Waals surface area contributed by atoms with Gasteiger partial charge in [-0.05, 0) is 13.0 Å². The number of nitrogens with zero attached hydrogens (tertiary/aromatic N) is 6. The van der Waals surface area contributed by atoms with E-state index in [1.807, 2.05) is 11.8 Å². The van der Waals surface area contributed by atoms with Crippen LogP contribution in [-0.2, 0) is 4.79 Å². The first-order valence-electron chi connectivity index (χ1n) is 7.66. The summed E-state index contributed by atoms with van der Waals surface area (Å²) in [6.45, 7) is 3.61. The van der Waals surface area contributed by atoms with Crippen molar-refractivity contribution in [2.75, 3.05) is 31.1 Å². The number of carbonyl (C=O) groups excluding carboxylic acids is 1. The van der Waals surface area contributed by atoms with Crippen molar-refractivity contribution in [3.8, 4) is 0 Å². The number of hydrogen-bond donors (Lipinski definition) is 0. The molecule has 1 saturated carbocycles. The molecule has 1 amide bonds. The second-order valence-electron chi connectivity index (χ2n) is 6.17. The van der Waals surface area contributed by atoms with Crippen LogP contribution < -0.4 is 4.90 Å².